The Morgan fingerprint density at radius 1 is 1.44 bits per heavy atom. The molecule has 0 saturated carbocycles. The van der Waals surface area contributed by atoms with Gasteiger partial charge >= 0.3 is 5.97 Å². The Bertz CT molecular complexity index is 355. The summed E-state index contributed by atoms with van der Waals surface area (Å²) in [6, 6.07) is 0. The van der Waals surface area contributed by atoms with Crippen LogP contribution in [0, 0.1) is 0 Å². The average Bonchev–Trinajstić information content (AvgIpc) is 2.82. The van der Waals surface area contributed by atoms with Crippen molar-refractivity contribution in [3.8, 4) is 0 Å². The Morgan fingerprint density at radius 2 is 2.28 bits per heavy atom. The number of nitrogens with one attached hydrogen (secondary N) is 1. The van der Waals surface area contributed by atoms with Gasteiger partial charge in [0.1, 0.15) is 5.00 Å². The monoisotopic (exact) mass is 272 g/mol. The second-order valence-corrected chi connectivity index (χ2v) is 4.59. The fraction of sp³-hybridized carbons (Fsp3) is 0.667. The molecule has 0 aromatic carbocycles. The highest BCUT2D eigenvalue weighted by atomic mass is 32.1. The lowest BCUT2D eigenvalue weighted by molar-refractivity contribution is 0.0521. The summed E-state index contributed by atoms with van der Waals surface area (Å²) in [5, 5.41) is 4.02. The van der Waals surface area contributed by atoms with E-state index < -0.39 is 0 Å². The zero-order chi connectivity index (χ0) is 13.2. The summed E-state index contributed by atoms with van der Waals surface area (Å²) in [4.78, 5) is 15.6. The van der Waals surface area contributed by atoms with E-state index in [1.807, 2.05) is 0 Å². The van der Waals surface area contributed by atoms with Crippen LogP contribution in [0.5, 0.6) is 0 Å². The Morgan fingerprint density at radius 3 is 3.00 bits per heavy atom. The molecule has 0 radical (unpaired) electrons. The smallest absolute Gasteiger partial charge is 0.360 e. The van der Waals surface area contributed by atoms with Crippen molar-refractivity contribution in [2.75, 3.05) is 32.2 Å². The Hall–Kier alpha value is -1.14. The summed E-state index contributed by atoms with van der Waals surface area (Å²) in [7, 11) is 1.71. The van der Waals surface area contributed by atoms with Gasteiger partial charge in [-0.05, 0) is 26.2 Å². The number of anilines is 1. The summed E-state index contributed by atoms with van der Waals surface area (Å²) in [5.74, 6) is -0.361. The molecule has 5 nitrogen and oxygen atoms in total. The third-order valence-corrected chi connectivity index (χ3v) is 3.13. The molecule has 0 atom stereocenters. The largest absolute Gasteiger partial charge is 0.461 e. The van der Waals surface area contributed by atoms with Crippen LogP contribution in [0.4, 0.5) is 5.00 Å². The number of hydrogen-bond acceptors (Lipinski definition) is 6. The number of ether oxygens (including phenoxy) is 2. The van der Waals surface area contributed by atoms with Gasteiger partial charge in [0.05, 0.1) is 12.1 Å². The normalized spacial score (nSPS) is 10.3. The molecule has 0 aliphatic carbocycles. The molecule has 1 N–H and O–H groups in total. The first-order valence-electron chi connectivity index (χ1n) is 6.13. The van der Waals surface area contributed by atoms with Gasteiger partial charge in [-0.2, -0.15) is 0 Å². The summed E-state index contributed by atoms with van der Waals surface area (Å²) in [6.07, 6.45) is 3.21. The number of esters is 1. The number of nitrogens with zero attached hydrogens (tertiary/aromatic N) is 1. The van der Waals surface area contributed by atoms with Crippen molar-refractivity contribution in [2.24, 2.45) is 0 Å². The molecule has 6 heteroatoms. The van der Waals surface area contributed by atoms with E-state index in [1.165, 1.54) is 11.3 Å². The highest BCUT2D eigenvalue weighted by molar-refractivity contribution is 7.14. The molecule has 0 unspecified atom stereocenters. The molecular formula is C12H20N2O3S. The van der Waals surface area contributed by atoms with Crippen molar-refractivity contribution >= 4 is 22.3 Å². The standard InChI is InChI=1S/C12H20N2O3S/c1-3-17-12(15)10-11(18-9-14-10)13-7-5-4-6-8-16-2/h9,13H,3-8H2,1-2H3. The van der Waals surface area contributed by atoms with Crippen molar-refractivity contribution in [2.45, 2.75) is 26.2 Å². The van der Waals surface area contributed by atoms with Crippen LogP contribution in [-0.4, -0.2) is 37.8 Å². The summed E-state index contributed by atoms with van der Waals surface area (Å²) in [5.41, 5.74) is 2.04. The topological polar surface area (TPSA) is 60.5 Å². The molecule has 18 heavy (non-hydrogen) atoms. The van der Waals surface area contributed by atoms with Crippen LogP contribution in [0.3, 0.4) is 0 Å². The van der Waals surface area contributed by atoms with E-state index in [4.69, 9.17) is 9.47 Å². The maximum Gasteiger partial charge on any atom is 0.360 e. The SMILES string of the molecule is CCOC(=O)c1ncsc1NCCCCCOC. The number of rotatable bonds is 9. The Labute approximate surface area is 112 Å². The fourth-order valence-electron chi connectivity index (χ4n) is 1.47. The number of methoxy groups -OCH3 is 1. The molecule has 0 saturated heterocycles. The summed E-state index contributed by atoms with van der Waals surface area (Å²) in [6.45, 7) is 3.78. The van der Waals surface area contributed by atoms with E-state index in [1.54, 1.807) is 19.5 Å². The van der Waals surface area contributed by atoms with Gasteiger partial charge in [0.25, 0.3) is 0 Å². The second kappa shape index (κ2) is 8.88. The highest BCUT2D eigenvalue weighted by Crippen LogP contribution is 2.21. The first-order chi connectivity index (χ1) is 8.79. The first kappa shape index (κ1) is 14.9. The van der Waals surface area contributed by atoms with Gasteiger partial charge in [-0.1, -0.05) is 0 Å². The number of carbonyl (C=O) groups excluding carboxylic acids is 1. The maximum atomic E-state index is 11.6. The number of carbonyl (C=O) groups is 1. The van der Waals surface area contributed by atoms with E-state index in [0.29, 0.717) is 12.3 Å². The Balaban J connectivity index is 2.30. The molecule has 0 fully saturated rings. The van der Waals surface area contributed by atoms with Gasteiger partial charge in [0.2, 0.25) is 0 Å². The molecule has 1 aromatic rings. The molecule has 0 aliphatic heterocycles. The molecule has 0 aliphatic rings. The van der Waals surface area contributed by atoms with Gasteiger partial charge in [-0.3, -0.25) is 0 Å². The Kier molecular flexibility index (Phi) is 7.36. The zero-order valence-corrected chi connectivity index (χ0v) is 11.7. The quantitative estimate of drug-likeness (QED) is 0.553. The van der Waals surface area contributed by atoms with Crippen LogP contribution >= 0.6 is 11.3 Å². The van der Waals surface area contributed by atoms with Crippen molar-refractivity contribution in [3.63, 3.8) is 0 Å². The molecular weight excluding hydrogens is 252 g/mol. The maximum absolute atomic E-state index is 11.6. The lowest BCUT2D eigenvalue weighted by Gasteiger charge is -2.05. The number of unbranched alkanes of at least 4 members (excludes halogenated alkanes) is 2. The highest BCUT2D eigenvalue weighted by Gasteiger charge is 2.15. The van der Waals surface area contributed by atoms with Gasteiger partial charge in [0, 0.05) is 20.3 Å². The van der Waals surface area contributed by atoms with Crippen molar-refractivity contribution in [1.82, 2.24) is 4.98 Å². The van der Waals surface area contributed by atoms with Crippen LogP contribution in [0.1, 0.15) is 36.7 Å². The number of thiazole rings is 1. The lowest BCUT2D eigenvalue weighted by Crippen LogP contribution is -2.09. The van der Waals surface area contributed by atoms with E-state index >= 15 is 0 Å². The minimum Gasteiger partial charge on any atom is -0.461 e. The third-order valence-electron chi connectivity index (χ3n) is 2.35. The van der Waals surface area contributed by atoms with E-state index in [9.17, 15) is 4.79 Å². The minimum atomic E-state index is -0.361. The molecule has 0 amide bonds. The molecule has 1 aromatic heterocycles. The molecule has 102 valence electrons. The zero-order valence-electron chi connectivity index (χ0n) is 10.9. The van der Waals surface area contributed by atoms with Gasteiger partial charge in [-0.15, -0.1) is 11.3 Å². The van der Waals surface area contributed by atoms with Gasteiger partial charge < -0.3 is 14.8 Å². The summed E-state index contributed by atoms with van der Waals surface area (Å²) < 4.78 is 9.92. The summed E-state index contributed by atoms with van der Waals surface area (Å²) >= 11 is 1.42. The van der Waals surface area contributed by atoms with Crippen LogP contribution in [0.2, 0.25) is 0 Å². The predicted octanol–water partition coefficient (Wildman–Crippen LogP) is 2.55. The number of hydrogen-bond donors (Lipinski definition) is 1. The van der Waals surface area contributed by atoms with Crippen molar-refractivity contribution < 1.29 is 14.3 Å². The van der Waals surface area contributed by atoms with E-state index in [0.717, 1.165) is 37.4 Å². The van der Waals surface area contributed by atoms with E-state index in [2.05, 4.69) is 10.3 Å². The fourth-order valence-corrected chi connectivity index (χ4v) is 2.16. The van der Waals surface area contributed by atoms with Crippen molar-refractivity contribution in [1.29, 1.82) is 0 Å². The van der Waals surface area contributed by atoms with Gasteiger partial charge in [0.15, 0.2) is 5.69 Å². The first-order valence-corrected chi connectivity index (χ1v) is 7.01. The molecule has 0 spiro atoms. The number of aromatic nitrogens is 1. The van der Waals surface area contributed by atoms with Crippen LogP contribution < -0.4 is 5.32 Å². The van der Waals surface area contributed by atoms with Crippen LogP contribution in [-0.2, 0) is 9.47 Å². The predicted molar refractivity (Wildman–Crippen MR) is 72.3 cm³/mol. The molecule has 1 heterocycles. The second-order valence-electron chi connectivity index (χ2n) is 3.73. The van der Waals surface area contributed by atoms with Crippen LogP contribution in [0.15, 0.2) is 5.51 Å². The molecule has 0 bridgehead atoms. The van der Waals surface area contributed by atoms with Crippen LogP contribution in [0.25, 0.3) is 0 Å². The van der Waals surface area contributed by atoms with Gasteiger partial charge in [-0.25, -0.2) is 9.78 Å². The lowest BCUT2D eigenvalue weighted by atomic mass is 10.2. The minimum absolute atomic E-state index is 0.361. The average molecular weight is 272 g/mol. The molecule has 1 rings (SSSR count). The van der Waals surface area contributed by atoms with Crippen molar-refractivity contribution in [3.05, 3.63) is 11.2 Å². The third kappa shape index (κ3) is 5.01. The van der Waals surface area contributed by atoms with E-state index in [-0.39, 0.29) is 5.97 Å².